The van der Waals surface area contributed by atoms with Gasteiger partial charge in [0.2, 0.25) is 0 Å². The van der Waals surface area contributed by atoms with Crippen LogP contribution in [-0.2, 0) is 6.54 Å². The van der Waals surface area contributed by atoms with Gasteiger partial charge >= 0.3 is 0 Å². The summed E-state index contributed by atoms with van der Waals surface area (Å²) in [5, 5.41) is 20.0. The molecule has 0 fully saturated rings. The molecule has 152 valence electrons. The Labute approximate surface area is 172 Å². The van der Waals surface area contributed by atoms with Gasteiger partial charge in [0, 0.05) is 29.6 Å². The van der Waals surface area contributed by atoms with Gasteiger partial charge in [-0.15, -0.1) is 0 Å². The molecular formula is C22H21N5O3. The van der Waals surface area contributed by atoms with Crippen molar-refractivity contribution in [3.05, 3.63) is 69.8 Å². The van der Waals surface area contributed by atoms with Gasteiger partial charge in [0.05, 0.1) is 15.8 Å². The number of nitrogens with zero attached hydrogens (tertiary/aromatic N) is 4. The van der Waals surface area contributed by atoms with Crippen molar-refractivity contribution in [2.45, 2.75) is 27.3 Å². The highest BCUT2D eigenvalue weighted by atomic mass is 16.6. The summed E-state index contributed by atoms with van der Waals surface area (Å²) >= 11 is 0. The molecule has 0 saturated carbocycles. The highest BCUT2D eigenvalue weighted by molar-refractivity contribution is 6.09. The Hall–Kier alpha value is -3.81. The lowest BCUT2D eigenvalue weighted by molar-refractivity contribution is -0.384. The van der Waals surface area contributed by atoms with Crippen LogP contribution in [0.25, 0.3) is 21.9 Å². The fourth-order valence-electron chi connectivity index (χ4n) is 3.34. The smallest absolute Gasteiger partial charge is 0.269 e. The molecule has 0 unspecified atom stereocenters. The lowest BCUT2D eigenvalue weighted by atomic mass is 10.1. The van der Waals surface area contributed by atoms with Gasteiger partial charge in [0.1, 0.15) is 0 Å². The number of fused-ring (bicyclic) bond motifs is 2. The lowest BCUT2D eigenvalue weighted by Gasteiger charge is -2.06. The molecule has 0 aliphatic heterocycles. The maximum Gasteiger partial charge on any atom is 0.269 e. The molecule has 8 heteroatoms. The number of hydrogen-bond donors (Lipinski definition) is 1. The number of non-ortho nitro benzene ring substituents is 1. The number of nitro benzene ring substituents is 1. The van der Waals surface area contributed by atoms with E-state index in [9.17, 15) is 14.9 Å². The minimum atomic E-state index is -0.499. The van der Waals surface area contributed by atoms with E-state index in [1.807, 2.05) is 35.9 Å². The van der Waals surface area contributed by atoms with Crippen LogP contribution < -0.4 is 5.32 Å². The molecule has 30 heavy (non-hydrogen) atoms. The first-order valence-corrected chi connectivity index (χ1v) is 9.65. The Morgan fingerprint density at radius 3 is 2.57 bits per heavy atom. The molecule has 1 N–H and O–H groups in total. The van der Waals surface area contributed by atoms with E-state index in [0.29, 0.717) is 29.5 Å². The van der Waals surface area contributed by atoms with Gasteiger partial charge in [-0.2, -0.15) is 5.10 Å². The van der Waals surface area contributed by atoms with E-state index in [-0.39, 0.29) is 11.6 Å². The van der Waals surface area contributed by atoms with E-state index in [4.69, 9.17) is 4.98 Å². The first kappa shape index (κ1) is 19.5. The molecule has 2 aromatic carbocycles. The summed E-state index contributed by atoms with van der Waals surface area (Å²) in [5.74, 6) is 0.385. The molecular weight excluding hydrogens is 382 g/mol. The standard InChI is InChI=1S/C22H21N5O3/c1-13(2)12-26-21-18(11-16-5-4-14(3)10-19(16)23-21)20(25-26)24-22(28)15-6-8-17(9-7-15)27(29)30/h4-11,13H,12H2,1-3H3,(H,24,25,28). The van der Waals surface area contributed by atoms with Gasteiger partial charge in [-0.05, 0) is 42.7 Å². The van der Waals surface area contributed by atoms with Crippen LogP contribution in [0, 0.1) is 23.0 Å². The maximum absolute atomic E-state index is 12.7. The van der Waals surface area contributed by atoms with Crippen LogP contribution in [0.1, 0.15) is 29.8 Å². The van der Waals surface area contributed by atoms with Crippen LogP contribution in [0.4, 0.5) is 11.5 Å². The molecule has 4 rings (SSSR count). The molecule has 2 heterocycles. The predicted octanol–water partition coefficient (Wildman–Crippen LogP) is 4.71. The summed E-state index contributed by atoms with van der Waals surface area (Å²) in [4.78, 5) is 27.9. The molecule has 4 aromatic rings. The third kappa shape index (κ3) is 3.71. The highest BCUT2D eigenvalue weighted by Gasteiger charge is 2.17. The average molecular weight is 403 g/mol. The van der Waals surface area contributed by atoms with Crippen molar-refractivity contribution < 1.29 is 9.72 Å². The molecule has 0 spiro atoms. The number of nitrogens with one attached hydrogen (secondary N) is 1. The van der Waals surface area contributed by atoms with Gasteiger partial charge in [0.25, 0.3) is 11.6 Å². The number of amides is 1. The largest absolute Gasteiger partial charge is 0.305 e. The number of rotatable bonds is 5. The van der Waals surface area contributed by atoms with Crippen molar-refractivity contribution in [3.8, 4) is 0 Å². The second kappa shape index (κ2) is 7.55. The third-order valence-electron chi connectivity index (χ3n) is 4.78. The van der Waals surface area contributed by atoms with Crippen LogP contribution in [0.2, 0.25) is 0 Å². The van der Waals surface area contributed by atoms with Gasteiger partial charge in [0.15, 0.2) is 11.5 Å². The number of carbonyl (C=O) groups is 1. The number of carbonyl (C=O) groups excluding carboxylic acids is 1. The molecule has 2 aromatic heterocycles. The summed E-state index contributed by atoms with van der Waals surface area (Å²) in [6.07, 6.45) is 0. The summed E-state index contributed by atoms with van der Waals surface area (Å²) < 4.78 is 1.81. The van der Waals surface area contributed by atoms with Crippen molar-refractivity contribution in [1.29, 1.82) is 0 Å². The van der Waals surface area contributed by atoms with E-state index in [2.05, 4.69) is 24.3 Å². The molecule has 0 atom stereocenters. The zero-order valence-electron chi connectivity index (χ0n) is 16.9. The minimum Gasteiger partial charge on any atom is -0.305 e. The SMILES string of the molecule is Cc1ccc2cc3c(NC(=O)c4ccc([N+](=O)[O-])cc4)nn(CC(C)C)c3nc2c1. The summed E-state index contributed by atoms with van der Waals surface area (Å²) in [6, 6.07) is 13.5. The molecule has 8 nitrogen and oxygen atoms in total. The summed E-state index contributed by atoms with van der Waals surface area (Å²) in [6.45, 7) is 6.86. The first-order chi connectivity index (χ1) is 14.3. The van der Waals surface area contributed by atoms with E-state index in [0.717, 1.165) is 21.9 Å². The second-order valence-electron chi connectivity index (χ2n) is 7.74. The average Bonchev–Trinajstić information content (AvgIpc) is 3.01. The first-order valence-electron chi connectivity index (χ1n) is 9.65. The van der Waals surface area contributed by atoms with Gasteiger partial charge in [-0.3, -0.25) is 14.9 Å². The normalized spacial score (nSPS) is 11.3. The zero-order valence-corrected chi connectivity index (χ0v) is 16.9. The number of nitro groups is 1. The topological polar surface area (TPSA) is 103 Å². The Bertz CT molecular complexity index is 1280. The van der Waals surface area contributed by atoms with Crippen LogP contribution in [-0.4, -0.2) is 25.6 Å². The Kier molecular flexibility index (Phi) is 4.91. The van der Waals surface area contributed by atoms with Crippen molar-refractivity contribution in [2.75, 3.05) is 5.32 Å². The highest BCUT2D eigenvalue weighted by Crippen LogP contribution is 2.27. The number of hydrogen-bond acceptors (Lipinski definition) is 5. The molecule has 0 saturated heterocycles. The maximum atomic E-state index is 12.7. The van der Waals surface area contributed by atoms with Crippen molar-refractivity contribution in [1.82, 2.24) is 14.8 Å². The number of anilines is 1. The number of aryl methyl sites for hydroxylation is 1. The molecule has 0 radical (unpaired) electrons. The quantitative estimate of drug-likeness (QED) is 0.384. The molecule has 0 aliphatic rings. The molecule has 0 bridgehead atoms. The van der Waals surface area contributed by atoms with Crippen molar-refractivity contribution >= 4 is 39.3 Å². The Morgan fingerprint density at radius 1 is 1.17 bits per heavy atom. The predicted molar refractivity (Wildman–Crippen MR) is 116 cm³/mol. The van der Waals surface area contributed by atoms with Gasteiger partial charge < -0.3 is 5.32 Å². The number of benzene rings is 2. The van der Waals surface area contributed by atoms with Crippen LogP contribution >= 0.6 is 0 Å². The van der Waals surface area contributed by atoms with Crippen LogP contribution in [0.3, 0.4) is 0 Å². The Balaban J connectivity index is 1.76. The molecule has 0 aliphatic carbocycles. The van der Waals surface area contributed by atoms with Crippen LogP contribution in [0.5, 0.6) is 0 Å². The fourth-order valence-corrected chi connectivity index (χ4v) is 3.34. The lowest BCUT2D eigenvalue weighted by Crippen LogP contribution is -2.13. The zero-order chi connectivity index (χ0) is 21.4. The van der Waals surface area contributed by atoms with Crippen molar-refractivity contribution in [2.24, 2.45) is 5.92 Å². The second-order valence-corrected chi connectivity index (χ2v) is 7.74. The monoisotopic (exact) mass is 403 g/mol. The third-order valence-corrected chi connectivity index (χ3v) is 4.78. The van der Waals surface area contributed by atoms with Crippen LogP contribution in [0.15, 0.2) is 48.5 Å². The molecule has 1 amide bonds. The number of pyridine rings is 1. The number of aromatic nitrogens is 3. The van der Waals surface area contributed by atoms with Crippen molar-refractivity contribution in [3.63, 3.8) is 0 Å². The van der Waals surface area contributed by atoms with Gasteiger partial charge in [-0.25, -0.2) is 9.67 Å². The van der Waals surface area contributed by atoms with Gasteiger partial charge in [-0.1, -0.05) is 26.0 Å². The summed E-state index contributed by atoms with van der Waals surface area (Å²) in [7, 11) is 0. The van der Waals surface area contributed by atoms with E-state index >= 15 is 0 Å². The Morgan fingerprint density at radius 2 is 1.90 bits per heavy atom. The van der Waals surface area contributed by atoms with E-state index in [1.165, 1.54) is 24.3 Å². The summed E-state index contributed by atoms with van der Waals surface area (Å²) in [5.41, 5.74) is 2.96. The van der Waals surface area contributed by atoms with E-state index < -0.39 is 4.92 Å². The minimum absolute atomic E-state index is 0.0656. The fraction of sp³-hybridized carbons (Fsp3) is 0.227. The van der Waals surface area contributed by atoms with E-state index in [1.54, 1.807) is 0 Å².